The fourth-order valence-electron chi connectivity index (χ4n) is 1.48. The van der Waals surface area contributed by atoms with Gasteiger partial charge in [0.15, 0.2) is 0 Å². The van der Waals surface area contributed by atoms with Crippen molar-refractivity contribution in [3.63, 3.8) is 0 Å². The Balaban J connectivity index is 2.59. The number of rotatable bonds is 7. The smallest absolute Gasteiger partial charge is 0.273 e. The Hall–Kier alpha value is -2.02. The predicted molar refractivity (Wildman–Crippen MR) is 68.5 cm³/mol. The second-order valence-electron chi connectivity index (χ2n) is 3.96. The number of halogens is 1. The molecule has 0 aliphatic carbocycles. The molecule has 0 unspecified atom stereocenters. The number of benzene rings is 1. The van der Waals surface area contributed by atoms with E-state index in [4.69, 9.17) is 0 Å². The van der Waals surface area contributed by atoms with Crippen LogP contribution in [0.1, 0.15) is 23.7 Å². The van der Waals surface area contributed by atoms with Crippen LogP contribution < -0.4 is 10.6 Å². The first-order chi connectivity index (χ1) is 9.04. The maximum atomic E-state index is 13.1. The van der Waals surface area contributed by atoms with Crippen LogP contribution in [0.3, 0.4) is 0 Å². The molecule has 0 aliphatic rings. The molecule has 2 N–H and O–H groups in total. The van der Waals surface area contributed by atoms with Crippen molar-refractivity contribution in [1.29, 1.82) is 0 Å². The van der Waals surface area contributed by atoms with E-state index >= 15 is 0 Å². The largest absolute Gasteiger partial charge is 0.351 e. The van der Waals surface area contributed by atoms with Crippen molar-refractivity contribution in [2.75, 3.05) is 19.6 Å². The van der Waals surface area contributed by atoms with E-state index in [1.807, 2.05) is 6.92 Å². The van der Waals surface area contributed by atoms with Crippen molar-refractivity contribution in [3.05, 3.63) is 39.7 Å². The molecule has 0 atom stereocenters. The molecule has 104 valence electrons. The second kappa shape index (κ2) is 7.42. The summed E-state index contributed by atoms with van der Waals surface area (Å²) < 4.78 is 13.1. The van der Waals surface area contributed by atoms with Crippen LogP contribution in [0.2, 0.25) is 0 Å². The number of nitrogens with zero attached hydrogens (tertiary/aromatic N) is 1. The number of nitro groups is 1. The Morgan fingerprint density at radius 1 is 1.32 bits per heavy atom. The van der Waals surface area contributed by atoms with E-state index in [1.165, 1.54) is 0 Å². The van der Waals surface area contributed by atoms with Crippen molar-refractivity contribution in [1.82, 2.24) is 10.6 Å². The molecule has 0 fully saturated rings. The van der Waals surface area contributed by atoms with Gasteiger partial charge < -0.3 is 10.6 Å². The SMILES string of the molecule is CCCNCCNC(=O)c1cc(F)cc([N+](=O)[O-])c1. The average molecular weight is 269 g/mol. The topological polar surface area (TPSA) is 84.3 Å². The molecule has 0 saturated heterocycles. The normalized spacial score (nSPS) is 10.2. The number of nitrogens with one attached hydrogen (secondary N) is 2. The molecule has 7 heteroatoms. The zero-order chi connectivity index (χ0) is 14.3. The van der Waals surface area contributed by atoms with E-state index in [1.54, 1.807) is 0 Å². The van der Waals surface area contributed by atoms with Crippen LogP contribution in [0.25, 0.3) is 0 Å². The lowest BCUT2D eigenvalue weighted by atomic mass is 10.2. The van der Waals surface area contributed by atoms with Gasteiger partial charge in [0.25, 0.3) is 11.6 Å². The molecule has 1 aromatic rings. The van der Waals surface area contributed by atoms with E-state index < -0.39 is 22.3 Å². The first-order valence-electron chi connectivity index (χ1n) is 5.98. The third kappa shape index (κ3) is 5.01. The molecule has 0 spiro atoms. The maximum Gasteiger partial charge on any atom is 0.273 e. The molecule has 1 aromatic carbocycles. The molecular weight excluding hydrogens is 253 g/mol. The second-order valence-corrected chi connectivity index (χ2v) is 3.96. The number of hydrogen-bond donors (Lipinski definition) is 2. The highest BCUT2D eigenvalue weighted by Gasteiger charge is 2.14. The Morgan fingerprint density at radius 2 is 2.05 bits per heavy atom. The highest BCUT2D eigenvalue weighted by molar-refractivity contribution is 5.94. The van der Waals surface area contributed by atoms with Gasteiger partial charge in [0, 0.05) is 24.7 Å². The van der Waals surface area contributed by atoms with Gasteiger partial charge in [-0.1, -0.05) is 6.92 Å². The maximum absolute atomic E-state index is 13.1. The van der Waals surface area contributed by atoms with Crippen LogP contribution in [0.5, 0.6) is 0 Å². The van der Waals surface area contributed by atoms with Gasteiger partial charge in [0.1, 0.15) is 5.82 Å². The highest BCUT2D eigenvalue weighted by Crippen LogP contribution is 2.16. The van der Waals surface area contributed by atoms with Crippen LogP contribution in [-0.2, 0) is 0 Å². The summed E-state index contributed by atoms with van der Waals surface area (Å²) in [5, 5.41) is 16.2. The third-order valence-electron chi connectivity index (χ3n) is 2.37. The summed E-state index contributed by atoms with van der Waals surface area (Å²) in [6, 6.07) is 2.80. The van der Waals surface area contributed by atoms with Crippen molar-refractivity contribution in [2.45, 2.75) is 13.3 Å². The summed E-state index contributed by atoms with van der Waals surface area (Å²) in [6.45, 7) is 3.85. The van der Waals surface area contributed by atoms with Gasteiger partial charge in [0.05, 0.1) is 11.0 Å². The van der Waals surface area contributed by atoms with Crippen molar-refractivity contribution >= 4 is 11.6 Å². The van der Waals surface area contributed by atoms with Crippen LogP contribution in [-0.4, -0.2) is 30.5 Å². The number of hydrogen-bond acceptors (Lipinski definition) is 4. The number of amides is 1. The summed E-state index contributed by atoms with van der Waals surface area (Å²) in [5.41, 5.74) is -0.489. The summed E-state index contributed by atoms with van der Waals surface area (Å²) in [7, 11) is 0. The lowest BCUT2D eigenvalue weighted by molar-refractivity contribution is -0.385. The number of nitro benzene ring substituents is 1. The van der Waals surface area contributed by atoms with Gasteiger partial charge in [-0.2, -0.15) is 0 Å². The van der Waals surface area contributed by atoms with Gasteiger partial charge in [-0.25, -0.2) is 4.39 Å². The molecule has 0 radical (unpaired) electrons. The van der Waals surface area contributed by atoms with Gasteiger partial charge in [-0.15, -0.1) is 0 Å². The predicted octanol–water partition coefficient (Wildman–Crippen LogP) is 1.46. The fourth-order valence-corrected chi connectivity index (χ4v) is 1.48. The number of carbonyl (C=O) groups excluding carboxylic acids is 1. The molecular formula is C12H16FN3O3. The summed E-state index contributed by atoms with van der Waals surface area (Å²) in [6.07, 6.45) is 0.990. The van der Waals surface area contributed by atoms with Crippen molar-refractivity contribution in [2.24, 2.45) is 0 Å². The molecule has 0 saturated carbocycles. The van der Waals surface area contributed by atoms with Gasteiger partial charge in [-0.05, 0) is 19.0 Å². The van der Waals surface area contributed by atoms with Gasteiger partial charge in [0.2, 0.25) is 0 Å². The zero-order valence-electron chi connectivity index (χ0n) is 10.6. The molecule has 0 heterocycles. The molecule has 0 aromatic heterocycles. The monoisotopic (exact) mass is 269 g/mol. The first-order valence-corrected chi connectivity index (χ1v) is 5.98. The minimum absolute atomic E-state index is 0.0535. The fraction of sp³-hybridized carbons (Fsp3) is 0.417. The molecule has 0 bridgehead atoms. The standard InChI is InChI=1S/C12H16FN3O3/c1-2-3-14-4-5-15-12(17)9-6-10(13)8-11(7-9)16(18)19/h6-8,14H,2-5H2,1H3,(H,15,17). The Labute approximate surface area is 110 Å². The first kappa shape index (κ1) is 15.0. The van der Waals surface area contributed by atoms with Crippen LogP contribution in [0.4, 0.5) is 10.1 Å². The van der Waals surface area contributed by atoms with E-state index in [0.717, 1.165) is 31.2 Å². The third-order valence-corrected chi connectivity index (χ3v) is 2.37. The van der Waals surface area contributed by atoms with Crippen molar-refractivity contribution in [3.8, 4) is 0 Å². The highest BCUT2D eigenvalue weighted by atomic mass is 19.1. The van der Waals surface area contributed by atoms with Crippen molar-refractivity contribution < 1.29 is 14.1 Å². The molecule has 0 aliphatic heterocycles. The molecule has 1 amide bonds. The number of carbonyl (C=O) groups is 1. The van der Waals surface area contributed by atoms with E-state index in [-0.39, 0.29) is 5.56 Å². The molecule has 19 heavy (non-hydrogen) atoms. The van der Waals surface area contributed by atoms with E-state index in [0.29, 0.717) is 13.1 Å². The van der Waals surface area contributed by atoms with Gasteiger partial charge >= 0.3 is 0 Å². The van der Waals surface area contributed by atoms with Gasteiger partial charge in [-0.3, -0.25) is 14.9 Å². The van der Waals surface area contributed by atoms with E-state index in [2.05, 4.69) is 10.6 Å². The minimum Gasteiger partial charge on any atom is -0.351 e. The Morgan fingerprint density at radius 3 is 2.68 bits per heavy atom. The quantitative estimate of drug-likeness (QED) is 0.446. The lowest BCUT2D eigenvalue weighted by Crippen LogP contribution is -2.32. The van der Waals surface area contributed by atoms with Crippen LogP contribution in [0.15, 0.2) is 18.2 Å². The number of non-ortho nitro benzene ring substituents is 1. The van der Waals surface area contributed by atoms with Crippen LogP contribution in [0, 0.1) is 15.9 Å². The zero-order valence-corrected chi connectivity index (χ0v) is 10.6. The summed E-state index contributed by atoms with van der Waals surface area (Å²) >= 11 is 0. The average Bonchev–Trinajstić information content (AvgIpc) is 2.37. The Kier molecular flexibility index (Phi) is 5.87. The molecule has 1 rings (SSSR count). The van der Waals surface area contributed by atoms with Crippen LogP contribution >= 0.6 is 0 Å². The minimum atomic E-state index is -0.802. The summed E-state index contributed by atoms with van der Waals surface area (Å²) in [5.74, 6) is -1.33. The van der Waals surface area contributed by atoms with E-state index in [9.17, 15) is 19.3 Å². The summed E-state index contributed by atoms with van der Waals surface area (Å²) in [4.78, 5) is 21.5. The molecule has 6 nitrogen and oxygen atoms in total. The lowest BCUT2D eigenvalue weighted by Gasteiger charge is -2.06. The Bertz CT molecular complexity index is 466.